The van der Waals surface area contributed by atoms with Gasteiger partial charge in [-0.15, -0.1) is 0 Å². The zero-order valence-corrected chi connectivity index (χ0v) is 13.8. The second kappa shape index (κ2) is 7.23. The summed E-state index contributed by atoms with van der Waals surface area (Å²) < 4.78 is 44.1. The first-order valence-electron chi connectivity index (χ1n) is 8.16. The van der Waals surface area contributed by atoms with Gasteiger partial charge in [0, 0.05) is 19.0 Å². The highest BCUT2D eigenvalue weighted by Crippen LogP contribution is 2.35. The molecule has 3 rings (SSSR count). The molecular weight excluding hydrogens is 349 g/mol. The Labute approximate surface area is 147 Å². The number of likely N-dealkylation sites (tertiary alicyclic amines) is 1. The van der Waals surface area contributed by atoms with Crippen molar-refractivity contribution in [3.05, 3.63) is 54.0 Å². The van der Waals surface area contributed by atoms with Gasteiger partial charge in [-0.05, 0) is 37.1 Å². The van der Waals surface area contributed by atoms with Gasteiger partial charge in [0.2, 0.25) is 5.91 Å². The summed E-state index contributed by atoms with van der Waals surface area (Å²) in [5.41, 5.74) is -1.13. The van der Waals surface area contributed by atoms with Crippen LogP contribution in [0.15, 0.2) is 47.1 Å². The highest BCUT2D eigenvalue weighted by Gasteiger charge is 2.35. The van der Waals surface area contributed by atoms with Crippen molar-refractivity contribution in [2.24, 2.45) is 5.92 Å². The minimum absolute atomic E-state index is 0.229. The lowest BCUT2D eigenvalue weighted by atomic mass is 9.95. The number of nitrogens with one attached hydrogen (secondary N) is 1. The number of para-hydroxylation sites is 1. The Morgan fingerprint density at radius 3 is 2.38 bits per heavy atom. The Balaban J connectivity index is 1.60. The van der Waals surface area contributed by atoms with Crippen molar-refractivity contribution >= 4 is 17.5 Å². The molecule has 0 aliphatic carbocycles. The van der Waals surface area contributed by atoms with Crippen LogP contribution in [-0.4, -0.2) is 29.8 Å². The van der Waals surface area contributed by atoms with Crippen LogP contribution in [0.25, 0.3) is 0 Å². The van der Waals surface area contributed by atoms with Crippen LogP contribution in [-0.2, 0) is 11.0 Å². The van der Waals surface area contributed by atoms with Gasteiger partial charge in [0.05, 0.1) is 17.5 Å². The Hall–Kier alpha value is -2.77. The highest BCUT2D eigenvalue weighted by molar-refractivity contribution is 5.94. The first-order chi connectivity index (χ1) is 12.4. The number of hydrogen-bond acceptors (Lipinski definition) is 3. The number of amides is 2. The van der Waals surface area contributed by atoms with E-state index in [9.17, 15) is 22.8 Å². The van der Waals surface area contributed by atoms with Crippen molar-refractivity contribution in [2.45, 2.75) is 19.0 Å². The zero-order valence-electron chi connectivity index (χ0n) is 13.8. The van der Waals surface area contributed by atoms with Crippen LogP contribution in [0.5, 0.6) is 0 Å². The molecule has 1 aliphatic heterocycles. The lowest BCUT2D eigenvalue weighted by Crippen LogP contribution is -2.41. The van der Waals surface area contributed by atoms with Gasteiger partial charge < -0.3 is 14.6 Å². The fraction of sp³-hybridized carbons (Fsp3) is 0.333. The quantitative estimate of drug-likeness (QED) is 0.899. The first kappa shape index (κ1) is 18.0. The van der Waals surface area contributed by atoms with Crippen LogP contribution in [0.2, 0.25) is 0 Å². The number of halogens is 3. The summed E-state index contributed by atoms with van der Waals surface area (Å²) in [5, 5.41) is 2.38. The molecule has 0 atom stereocenters. The Bertz CT molecular complexity index is 779. The Kier molecular flexibility index (Phi) is 5.01. The van der Waals surface area contributed by atoms with Crippen molar-refractivity contribution in [3.63, 3.8) is 0 Å². The third kappa shape index (κ3) is 3.89. The molecular formula is C18H17F3N2O3. The van der Waals surface area contributed by atoms with Crippen LogP contribution >= 0.6 is 0 Å². The van der Waals surface area contributed by atoms with Crippen LogP contribution in [0.3, 0.4) is 0 Å². The first-order valence-corrected chi connectivity index (χ1v) is 8.16. The monoisotopic (exact) mass is 366 g/mol. The van der Waals surface area contributed by atoms with E-state index in [1.165, 1.54) is 24.5 Å². The molecule has 0 spiro atoms. The SMILES string of the molecule is O=C(Nc1ccccc1C(F)(F)F)C1CCN(C(=O)c2ccco2)CC1. The van der Waals surface area contributed by atoms with Crippen LogP contribution in [0.4, 0.5) is 18.9 Å². The highest BCUT2D eigenvalue weighted by atomic mass is 19.4. The zero-order chi connectivity index (χ0) is 18.7. The normalized spacial score (nSPS) is 15.7. The molecule has 2 heterocycles. The minimum atomic E-state index is -4.54. The summed E-state index contributed by atoms with van der Waals surface area (Å²) in [6, 6.07) is 8.06. The molecule has 0 radical (unpaired) electrons. The second-order valence-electron chi connectivity index (χ2n) is 6.08. The lowest BCUT2D eigenvalue weighted by Gasteiger charge is -2.31. The molecule has 1 saturated heterocycles. The van der Waals surface area contributed by atoms with E-state index in [-0.39, 0.29) is 17.4 Å². The van der Waals surface area contributed by atoms with Crippen molar-refractivity contribution in [3.8, 4) is 0 Å². The number of carbonyl (C=O) groups excluding carboxylic acids is 2. The summed E-state index contributed by atoms with van der Waals surface area (Å²) in [7, 11) is 0. The lowest BCUT2D eigenvalue weighted by molar-refractivity contribution is -0.137. The van der Waals surface area contributed by atoms with Gasteiger partial charge in [-0.2, -0.15) is 13.2 Å². The molecule has 1 aromatic carbocycles. The Morgan fingerprint density at radius 2 is 1.77 bits per heavy atom. The molecule has 8 heteroatoms. The Morgan fingerprint density at radius 1 is 1.08 bits per heavy atom. The number of benzene rings is 1. The van der Waals surface area contributed by atoms with Crippen molar-refractivity contribution in [1.29, 1.82) is 0 Å². The van der Waals surface area contributed by atoms with E-state index in [1.54, 1.807) is 17.0 Å². The number of carbonyl (C=O) groups is 2. The molecule has 26 heavy (non-hydrogen) atoms. The summed E-state index contributed by atoms with van der Waals surface area (Å²) in [6.07, 6.45) is -2.37. The van der Waals surface area contributed by atoms with Crippen LogP contribution in [0.1, 0.15) is 29.0 Å². The van der Waals surface area contributed by atoms with Crippen molar-refractivity contribution in [1.82, 2.24) is 4.90 Å². The van der Waals surface area contributed by atoms with Gasteiger partial charge in [-0.3, -0.25) is 9.59 Å². The van der Waals surface area contributed by atoms with Crippen molar-refractivity contribution in [2.75, 3.05) is 18.4 Å². The largest absolute Gasteiger partial charge is 0.459 e. The molecule has 1 aromatic heterocycles. The molecule has 2 amide bonds. The van der Waals surface area contributed by atoms with Gasteiger partial charge in [-0.25, -0.2) is 0 Å². The van der Waals surface area contributed by atoms with E-state index in [0.717, 1.165) is 6.07 Å². The predicted octanol–water partition coefficient (Wildman–Crippen LogP) is 3.79. The average Bonchev–Trinajstić information content (AvgIpc) is 3.15. The number of piperidine rings is 1. The molecule has 1 fully saturated rings. The second-order valence-corrected chi connectivity index (χ2v) is 6.08. The third-order valence-electron chi connectivity index (χ3n) is 4.38. The van der Waals surface area contributed by atoms with Gasteiger partial charge >= 0.3 is 6.18 Å². The smallest absolute Gasteiger partial charge is 0.418 e. The predicted molar refractivity (Wildman–Crippen MR) is 87.4 cm³/mol. The summed E-state index contributed by atoms with van der Waals surface area (Å²) >= 11 is 0. The van der Waals surface area contributed by atoms with Crippen LogP contribution in [0, 0.1) is 5.92 Å². The van der Waals surface area contributed by atoms with E-state index >= 15 is 0 Å². The maximum Gasteiger partial charge on any atom is 0.418 e. The number of furan rings is 1. The van der Waals surface area contributed by atoms with E-state index in [0.29, 0.717) is 25.9 Å². The maximum absolute atomic E-state index is 13.0. The number of alkyl halides is 3. The van der Waals surface area contributed by atoms with Gasteiger partial charge in [0.1, 0.15) is 0 Å². The number of rotatable bonds is 3. The fourth-order valence-corrected chi connectivity index (χ4v) is 2.97. The maximum atomic E-state index is 13.0. The molecule has 5 nitrogen and oxygen atoms in total. The van der Waals surface area contributed by atoms with E-state index in [2.05, 4.69) is 5.32 Å². The molecule has 138 valence electrons. The van der Waals surface area contributed by atoms with E-state index < -0.39 is 23.6 Å². The summed E-state index contributed by atoms with van der Waals surface area (Å²) in [5.74, 6) is -0.938. The summed E-state index contributed by atoms with van der Waals surface area (Å²) in [6.45, 7) is 0.692. The standard InChI is InChI=1S/C18H17F3N2O3/c19-18(20,21)13-4-1-2-5-14(13)22-16(24)12-7-9-23(10-8-12)17(25)15-6-3-11-26-15/h1-6,11-12H,7-10H2,(H,22,24). The van der Waals surface area contributed by atoms with Gasteiger partial charge in [0.25, 0.3) is 5.91 Å². The minimum Gasteiger partial charge on any atom is -0.459 e. The molecule has 0 unspecified atom stereocenters. The topological polar surface area (TPSA) is 62.6 Å². The molecule has 0 saturated carbocycles. The summed E-state index contributed by atoms with van der Waals surface area (Å²) in [4.78, 5) is 26.1. The molecule has 1 aliphatic rings. The molecule has 1 N–H and O–H groups in total. The van der Waals surface area contributed by atoms with Gasteiger partial charge in [-0.1, -0.05) is 12.1 Å². The fourth-order valence-electron chi connectivity index (χ4n) is 2.97. The molecule has 2 aromatic rings. The van der Waals surface area contributed by atoms with E-state index in [1.807, 2.05) is 0 Å². The number of anilines is 1. The number of hydrogen-bond donors (Lipinski definition) is 1. The number of nitrogens with zero attached hydrogens (tertiary/aromatic N) is 1. The van der Waals surface area contributed by atoms with Crippen LogP contribution < -0.4 is 5.32 Å². The average molecular weight is 366 g/mol. The molecule has 0 bridgehead atoms. The van der Waals surface area contributed by atoms with E-state index in [4.69, 9.17) is 4.42 Å². The van der Waals surface area contributed by atoms with Crippen molar-refractivity contribution < 1.29 is 27.2 Å². The third-order valence-corrected chi connectivity index (χ3v) is 4.38. The van der Waals surface area contributed by atoms with Gasteiger partial charge in [0.15, 0.2) is 5.76 Å².